The van der Waals surface area contributed by atoms with Gasteiger partial charge in [-0.15, -0.1) is 0 Å². The number of aryl methyl sites for hydroxylation is 3. The molecule has 0 saturated carbocycles. The second-order valence-electron chi connectivity index (χ2n) is 4.17. The second-order valence-corrected chi connectivity index (χ2v) is 4.61. The van der Waals surface area contributed by atoms with Gasteiger partial charge in [0.2, 0.25) is 0 Å². The van der Waals surface area contributed by atoms with Crippen molar-refractivity contribution in [2.75, 3.05) is 5.32 Å². The summed E-state index contributed by atoms with van der Waals surface area (Å²) in [6, 6.07) is 3.82. The summed E-state index contributed by atoms with van der Waals surface area (Å²) < 4.78 is 1.71. The fourth-order valence-corrected chi connectivity index (χ4v) is 2.10. The van der Waals surface area contributed by atoms with E-state index in [2.05, 4.69) is 15.4 Å². The maximum atomic E-state index is 5.75. The van der Waals surface area contributed by atoms with E-state index in [1.165, 1.54) is 0 Å². The highest BCUT2D eigenvalue weighted by Gasteiger charge is 2.12. The van der Waals surface area contributed by atoms with Gasteiger partial charge in [0, 0.05) is 25.0 Å². The number of hydrogen-bond acceptors (Lipinski definition) is 4. The van der Waals surface area contributed by atoms with Gasteiger partial charge in [-0.25, -0.2) is 4.98 Å². The van der Waals surface area contributed by atoms with Crippen molar-refractivity contribution >= 4 is 28.8 Å². The van der Waals surface area contributed by atoms with Crippen LogP contribution < -0.4 is 11.1 Å². The molecule has 2 aromatic rings. The van der Waals surface area contributed by atoms with Crippen LogP contribution in [0.25, 0.3) is 0 Å². The Kier molecular flexibility index (Phi) is 3.29. The maximum Gasteiger partial charge on any atom is 0.153 e. The minimum atomic E-state index is 0.332. The zero-order valence-corrected chi connectivity index (χ0v) is 11.4. The minimum absolute atomic E-state index is 0.332. The Labute approximate surface area is 111 Å². The summed E-state index contributed by atoms with van der Waals surface area (Å²) in [5.74, 6) is 1.37. The number of nitrogens with two attached hydrogens (primary N) is 1. The van der Waals surface area contributed by atoms with Crippen molar-refractivity contribution in [1.82, 2.24) is 14.8 Å². The van der Waals surface area contributed by atoms with Gasteiger partial charge in [0.15, 0.2) is 5.82 Å². The summed E-state index contributed by atoms with van der Waals surface area (Å²) in [6.45, 7) is 3.90. The summed E-state index contributed by atoms with van der Waals surface area (Å²) in [5.41, 5.74) is 8.43. The molecule has 0 bridgehead atoms. The highest BCUT2D eigenvalue weighted by molar-refractivity contribution is 7.80. The second kappa shape index (κ2) is 4.73. The molecule has 2 aromatic heterocycles. The van der Waals surface area contributed by atoms with Crippen LogP contribution in [-0.4, -0.2) is 19.8 Å². The Balaban J connectivity index is 2.45. The number of pyridine rings is 1. The standard InChI is InChI=1S/C12H15N5S/c1-7-6-8(2)14-12(10(7)11(13)18)15-9-4-5-17(3)16-9/h4-6H,1-3H3,(H2,13,18)(H,14,15,16). The predicted molar refractivity (Wildman–Crippen MR) is 76.1 cm³/mol. The number of nitrogens with zero attached hydrogens (tertiary/aromatic N) is 3. The fraction of sp³-hybridized carbons (Fsp3) is 0.250. The molecule has 0 fully saturated rings. The Morgan fingerprint density at radius 3 is 2.72 bits per heavy atom. The largest absolute Gasteiger partial charge is 0.389 e. The predicted octanol–water partition coefficient (Wildman–Crippen LogP) is 1.81. The lowest BCUT2D eigenvalue weighted by atomic mass is 10.1. The lowest BCUT2D eigenvalue weighted by Gasteiger charge is -2.12. The summed E-state index contributed by atoms with van der Waals surface area (Å²) in [5, 5.41) is 7.39. The van der Waals surface area contributed by atoms with Crippen LogP contribution in [0.4, 0.5) is 11.6 Å². The van der Waals surface area contributed by atoms with Crippen molar-refractivity contribution in [2.45, 2.75) is 13.8 Å². The molecule has 0 amide bonds. The lowest BCUT2D eigenvalue weighted by molar-refractivity contribution is 0.771. The normalized spacial score (nSPS) is 10.4. The van der Waals surface area contributed by atoms with Crippen molar-refractivity contribution in [3.05, 3.63) is 35.2 Å². The molecule has 0 atom stereocenters. The molecular weight excluding hydrogens is 246 g/mol. The topological polar surface area (TPSA) is 68.8 Å². The van der Waals surface area contributed by atoms with Gasteiger partial charge >= 0.3 is 0 Å². The van der Waals surface area contributed by atoms with Gasteiger partial charge in [-0.2, -0.15) is 5.10 Å². The van der Waals surface area contributed by atoms with Gasteiger partial charge in [-0.1, -0.05) is 12.2 Å². The van der Waals surface area contributed by atoms with Crippen LogP contribution in [0.15, 0.2) is 18.3 Å². The monoisotopic (exact) mass is 261 g/mol. The molecule has 0 saturated heterocycles. The van der Waals surface area contributed by atoms with Crippen molar-refractivity contribution in [1.29, 1.82) is 0 Å². The first-order valence-corrected chi connectivity index (χ1v) is 5.93. The van der Waals surface area contributed by atoms with Gasteiger partial charge in [-0.05, 0) is 25.5 Å². The first-order valence-electron chi connectivity index (χ1n) is 5.52. The number of rotatable bonds is 3. The van der Waals surface area contributed by atoms with Crippen molar-refractivity contribution in [3.8, 4) is 0 Å². The van der Waals surface area contributed by atoms with Gasteiger partial charge < -0.3 is 11.1 Å². The van der Waals surface area contributed by atoms with E-state index in [4.69, 9.17) is 18.0 Å². The quantitative estimate of drug-likeness (QED) is 0.825. The van der Waals surface area contributed by atoms with Crippen LogP contribution >= 0.6 is 12.2 Å². The molecular formula is C12H15N5S. The van der Waals surface area contributed by atoms with Gasteiger partial charge in [0.1, 0.15) is 10.8 Å². The molecule has 0 spiro atoms. The molecule has 0 unspecified atom stereocenters. The van der Waals surface area contributed by atoms with E-state index in [1.807, 2.05) is 39.2 Å². The maximum absolute atomic E-state index is 5.75. The first-order chi connectivity index (χ1) is 8.47. The average Bonchev–Trinajstić information content (AvgIpc) is 2.62. The first kappa shape index (κ1) is 12.5. The van der Waals surface area contributed by atoms with Crippen LogP contribution in [0.1, 0.15) is 16.8 Å². The molecule has 94 valence electrons. The smallest absolute Gasteiger partial charge is 0.153 e. The average molecular weight is 261 g/mol. The molecule has 5 nitrogen and oxygen atoms in total. The number of thiocarbonyl (C=S) groups is 1. The van der Waals surface area contributed by atoms with Crippen LogP contribution in [0.2, 0.25) is 0 Å². The third-order valence-electron chi connectivity index (χ3n) is 2.55. The van der Waals surface area contributed by atoms with E-state index in [-0.39, 0.29) is 0 Å². The third-order valence-corrected chi connectivity index (χ3v) is 2.76. The molecule has 3 N–H and O–H groups in total. The van der Waals surface area contributed by atoms with Crippen molar-refractivity contribution < 1.29 is 0 Å². The summed E-state index contributed by atoms with van der Waals surface area (Å²) in [6.07, 6.45) is 1.85. The highest BCUT2D eigenvalue weighted by atomic mass is 32.1. The number of hydrogen-bond donors (Lipinski definition) is 2. The van der Waals surface area contributed by atoms with E-state index >= 15 is 0 Å². The molecule has 0 aliphatic carbocycles. The molecule has 6 heteroatoms. The SMILES string of the molecule is Cc1cc(C)c(C(N)=S)c(Nc2ccn(C)n2)n1. The molecule has 0 aliphatic heterocycles. The number of anilines is 2. The third kappa shape index (κ3) is 2.48. The molecule has 18 heavy (non-hydrogen) atoms. The van der Waals surface area contributed by atoms with E-state index in [0.717, 1.165) is 16.8 Å². The Bertz CT molecular complexity index is 603. The van der Waals surface area contributed by atoms with Crippen LogP contribution in [0, 0.1) is 13.8 Å². The zero-order valence-electron chi connectivity index (χ0n) is 10.6. The fourth-order valence-electron chi connectivity index (χ4n) is 1.84. The van der Waals surface area contributed by atoms with Gasteiger partial charge in [0.25, 0.3) is 0 Å². The highest BCUT2D eigenvalue weighted by Crippen LogP contribution is 2.21. The van der Waals surface area contributed by atoms with Gasteiger partial charge in [0.05, 0.1) is 5.56 Å². The lowest BCUT2D eigenvalue weighted by Crippen LogP contribution is -2.15. The van der Waals surface area contributed by atoms with Crippen molar-refractivity contribution in [3.63, 3.8) is 0 Å². The van der Waals surface area contributed by atoms with E-state index in [9.17, 15) is 0 Å². The molecule has 2 rings (SSSR count). The number of nitrogens with one attached hydrogen (secondary N) is 1. The van der Waals surface area contributed by atoms with E-state index < -0.39 is 0 Å². The Hall–Kier alpha value is -1.95. The Morgan fingerprint density at radius 1 is 1.44 bits per heavy atom. The summed E-state index contributed by atoms with van der Waals surface area (Å²) in [7, 11) is 1.86. The van der Waals surface area contributed by atoms with Crippen LogP contribution in [-0.2, 0) is 7.05 Å². The zero-order chi connectivity index (χ0) is 13.3. The molecule has 0 aliphatic rings. The number of aromatic nitrogens is 3. The van der Waals surface area contributed by atoms with Crippen LogP contribution in [0.3, 0.4) is 0 Å². The van der Waals surface area contributed by atoms with E-state index in [1.54, 1.807) is 4.68 Å². The molecule has 0 aromatic carbocycles. The summed E-state index contributed by atoms with van der Waals surface area (Å²) in [4.78, 5) is 4.76. The molecule has 0 radical (unpaired) electrons. The minimum Gasteiger partial charge on any atom is -0.389 e. The van der Waals surface area contributed by atoms with Gasteiger partial charge in [-0.3, -0.25) is 4.68 Å². The summed E-state index contributed by atoms with van der Waals surface area (Å²) >= 11 is 5.07. The molecule has 2 heterocycles. The van der Waals surface area contributed by atoms with Crippen LogP contribution in [0.5, 0.6) is 0 Å². The Morgan fingerprint density at radius 2 is 2.17 bits per heavy atom. The van der Waals surface area contributed by atoms with E-state index in [0.29, 0.717) is 16.6 Å². The van der Waals surface area contributed by atoms with Crippen molar-refractivity contribution in [2.24, 2.45) is 12.8 Å².